The SMILES string of the molecule is CS(=O)(=O)N1CCN(C(=O)c2cnc3ccc(F)cc3c2N2CCC(CO)(c3ccccc3)CC2)CC1. The maximum Gasteiger partial charge on any atom is 0.257 e. The van der Waals surface area contributed by atoms with Gasteiger partial charge in [0.1, 0.15) is 5.82 Å². The molecule has 2 aliphatic heterocycles. The summed E-state index contributed by atoms with van der Waals surface area (Å²) in [6.07, 6.45) is 4.06. The lowest BCUT2D eigenvalue weighted by Gasteiger charge is -2.43. The largest absolute Gasteiger partial charge is 0.395 e. The van der Waals surface area contributed by atoms with Gasteiger partial charge in [-0.05, 0) is 36.6 Å². The number of aliphatic hydroxyl groups excluding tert-OH is 1. The number of hydrogen-bond donors (Lipinski definition) is 1. The number of fused-ring (bicyclic) bond motifs is 1. The van der Waals surface area contributed by atoms with E-state index < -0.39 is 15.8 Å². The molecule has 0 radical (unpaired) electrons. The highest BCUT2D eigenvalue weighted by atomic mass is 32.2. The van der Waals surface area contributed by atoms with Crippen molar-refractivity contribution < 1.29 is 22.7 Å². The Kier molecular flexibility index (Phi) is 6.91. The number of amides is 1. The van der Waals surface area contributed by atoms with Crippen LogP contribution in [0.3, 0.4) is 0 Å². The summed E-state index contributed by atoms with van der Waals surface area (Å²) >= 11 is 0. The Morgan fingerprint density at radius 3 is 2.32 bits per heavy atom. The summed E-state index contributed by atoms with van der Waals surface area (Å²) in [5.41, 5.74) is 2.32. The third-order valence-corrected chi connectivity index (χ3v) is 9.06. The topological polar surface area (TPSA) is 94.1 Å². The number of halogens is 1. The molecule has 5 rings (SSSR count). The van der Waals surface area contributed by atoms with Gasteiger partial charge in [-0.25, -0.2) is 12.8 Å². The third-order valence-electron chi connectivity index (χ3n) is 7.75. The fourth-order valence-electron chi connectivity index (χ4n) is 5.53. The number of anilines is 1. The predicted octanol–water partition coefficient (Wildman–Crippen LogP) is 2.62. The zero-order valence-electron chi connectivity index (χ0n) is 20.8. The molecule has 8 nitrogen and oxygen atoms in total. The van der Waals surface area contributed by atoms with Crippen LogP contribution in [0.25, 0.3) is 10.9 Å². The van der Waals surface area contributed by atoms with Crippen molar-refractivity contribution in [3.8, 4) is 0 Å². The van der Waals surface area contributed by atoms with Crippen LogP contribution in [-0.2, 0) is 15.4 Å². The second-order valence-electron chi connectivity index (χ2n) is 9.93. The zero-order chi connectivity index (χ0) is 26.2. The number of sulfonamides is 1. The first-order chi connectivity index (χ1) is 17.7. The van der Waals surface area contributed by atoms with E-state index in [0.717, 1.165) is 5.56 Å². The highest BCUT2D eigenvalue weighted by molar-refractivity contribution is 7.88. The van der Waals surface area contributed by atoms with Crippen LogP contribution in [0.1, 0.15) is 28.8 Å². The molecule has 2 aliphatic rings. The molecule has 2 saturated heterocycles. The van der Waals surface area contributed by atoms with Gasteiger partial charge in [-0.1, -0.05) is 30.3 Å². The minimum atomic E-state index is -3.32. The van der Waals surface area contributed by atoms with Crippen molar-refractivity contribution in [1.82, 2.24) is 14.2 Å². The van der Waals surface area contributed by atoms with Crippen molar-refractivity contribution in [1.29, 1.82) is 0 Å². The molecule has 0 saturated carbocycles. The number of nitrogens with zero attached hydrogens (tertiary/aromatic N) is 4. The summed E-state index contributed by atoms with van der Waals surface area (Å²) in [6, 6.07) is 14.3. The average molecular weight is 527 g/mol. The highest BCUT2D eigenvalue weighted by Gasteiger charge is 2.37. The Balaban J connectivity index is 1.48. The highest BCUT2D eigenvalue weighted by Crippen LogP contribution is 2.39. The van der Waals surface area contributed by atoms with E-state index in [9.17, 15) is 22.7 Å². The summed E-state index contributed by atoms with van der Waals surface area (Å²) < 4.78 is 39.6. The lowest BCUT2D eigenvalue weighted by atomic mass is 9.73. The molecule has 0 unspecified atom stereocenters. The Bertz CT molecular complexity index is 1400. The first kappa shape index (κ1) is 25.6. The van der Waals surface area contributed by atoms with Crippen LogP contribution in [0.4, 0.5) is 10.1 Å². The molecule has 1 aromatic heterocycles. The molecule has 10 heteroatoms. The quantitative estimate of drug-likeness (QED) is 0.550. The molecule has 0 aliphatic carbocycles. The Morgan fingerprint density at radius 2 is 1.70 bits per heavy atom. The predicted molar refractivity (Wildman–Crippen MR) is 141 cm³/mol. The number of rotatable bonds is 5. The molecule has 3 aromatic rings. The number of piperidine rings is 1. The summed E-state index contributed by atoms with van der Waals surface area (Å²) in [5.74, 6) is -0.656. The Hall–Kier alpha value is -3.08. The van der Waals surface area contributed by atoms with Gasteiger partial charge in [-0.2, -0.15) is 4.31 Å². The van der Waals surface area contributed by atoms with Gasteiger partial charge in [0, 0.05) is 56.3 Å². The maximum atomic E-state index is 14.4. The average Bonchev–Trinajstić information content (AvgIpc) is 2.92. The molecule has 0 atom stereocenters. The lowest BCUT2D eigenvalue weighted by Crippen LogP contribution is -2.50. The minimum absolute atomic E-state index is 0.0208. The van der Waals surface area contributed by atoms with Crippen molar-refractivity contribution >= 4 is 32.5 Å². The normalized spacial score (nSPS) is 18.8. The molecule has 0 spiro atoms. The number of aromatic nitrogens is 1. The minimum Gasteiger partial charge on any atom is -0.395 e. The van der Waals surface area contributed by atoms with Crippen LogP contribution < -0.4 is 4.90 Å². The second-order valence-corrected chi connectivity index (χ2v) is 11.9. The van der Waals surface area contributed by atoms with E-state index in [1.165, 1.54) is 22.7 Å². The summed E-state index contributed by atoms with van der Waals surface area (Å²) in [6.45, 7) is 2.18. The molecule has 2 aromatic carbocycles. The van der Waals surface area contributed by atoms with E-state index in [0.29, 0.717) is 48.1 Å². The maximum absolute atomic E-state index is 14.4. The van der Waals surface area contributed by atoms with Crippen LogP contribution in [0, 0.1) is 5.82 Å². The number of pyridine rings is 1. The van der Waals surface area contributed by atoms with Crippen LogP contribution in [0.5, 0.6) is 0 Å². The van der Waals surface area contributed by atoms with E-state index in [-0.39, 0.29) is 44.1 Å². The number of piperazine rings is 1. The van der Waals surface area contributed by atoms with Gasteiger partial charge in [0.2, 0.25) is 10.0 Å². The molecule has 1 amide bonds. The van der Waals surface area contributed by atoms with E-state index in [1.54, 1.807) is 17.2 Å². The van der Waals surface area contributed by atoms with E-state index in [2.05, 4.69) is 9.88 Å². The third kappa shape index (κ3) is 4.93. The van der Waals surface area contributed by atoms with Gasteiger partial charge in [0.25, 0.3) is 5.91 Å². The van der Waals surface area contributed by atoms with Crippen LogP contribution in [-0.4, -0.2) is 85.8 Å². The Labute approximate surface area is 216 Å². The standard InChI is InChI=1S/C27H31FN4O4S/c1-37(35,36)32-15-13-31(14-16-32)26(34)23-18-29-24-8-7-21(28)17-22(24)25(23)30-11-9-27(19-33,10-12-30)20-5-3-2-4-6-20/h2-8,17-18,33H,9-16,19H2,1H3. The molecule has 0 bridgehead atoms. The summed E-state index contributed by atoms with van der Waals surface area (Å²) in [5, 5.41) is 10.9. The lowest BCUT2D eigenvalue weighted by molar-refractivity contribution is 0.0698. The Morgan fingerprint density at radius 1 is 1.03 bits per heavy atom. The van der Waals surface area contributed by atoms with Gasteiger partial charge >= 0.3 is 0 Å². The molecule has 1 N–H and O–H groups in total. The van der Waals surface area contributed by atoms with Crippen molar-refractivity contribution in [2.45, 2.75) is 18.3 Å². The first-order valence-electron chi connectivity index (χ1n) is 12.5. The van der Waals surface area contributed by atoms with Gasteiger partial charge in [0.15, 0.2) is 0 Å². The van der Waals surface area contributed by atoms with Gasteiger partial charge in [0.05, 0.1) is 29.6 Å². The van der Waals surface area contributed by atoms with Gasteiger partial charge in [-0.3, -0.25) is 9.78 Å². The molecule has 3 heterocycles. The van der Waals surface area contributed by atoms with Crippen molar-refractivity contribution in [2.75, 3.05) is 57.0 Å². The van der Waals surface area contributed by atoms with Crippen LogP contribution >= 0.6 is 0 Å². The number of aliphatic hydroxyl groups is 1. The van der Waals surface area contributed by atoms with E-state index in [4.69, 9.17) is 0 Å². The summed E-state index contributed by atoms with van der Waals surface area (Å²) in [7, 11) is -3.32. The molecule has 37 heavy (non-hydrogen) atoms. The number of benzene rings is 2. The number of carbonyl (C=O) groups is 1. The van der Waals surface area contributed by atoms with Gasteiger partial charge in [-0.15, -0.1) is 0 Å². The van der Waals surface area contributed by atoms with Crippen molar-refractivity contribution in [3.05, 3.63) is 71.7 Å². The molecule has 196 valence electrons. The smallest absolute Gasteiger partial charge is 0.257 e. The molecular formula is C27H31FN4O4S. The number of carbonyl (C=O) groups excluding carboxylic acids is 1. The summed E-state index contributed by atoms with van der Waals surface area (Å²) in [4.78, 5) is 21.9. The second kappa shape index (κ2) is 10.00. The van der Waals surface area contributed by atoms with E-state index >= 15 is 0 Å². The zero-order valence-corrected chi connectivity index (χ0v) is 21.6. The van der Waals surface area contributed by atoms with Crippen LogP contribution in [0.2, 0.25) is 0 Å². The fraction of sp³-hybridized carbons (Fsp3) is 0.407. The molecular weight excluding hydrogens is 495 g/mol. The van der Waals surface area contributed by atoms with Crippen molar-refractivity contribution in [2.24, 2.45) is 0 Å². The fourth-order valence-corrected chi connectivity index (χ4v) is 6.36. The van der Waals surface area contributed by atoms with E-state index in [1.807, 2.05) is 30.3 Å². The monoisotopic (exact) mass is 526 g/mol. The molecule has 2 fully saturated rings. The first-order valence-corrected chi connectivity index (χ1v) is 14.3. The van der Waals surface area contributed by atoms with Crippen LogP contribution in [0.15, 0.2) is 54.7 Å². The van der Waals surface area contributed by atoms with Gasteiger partial charge < -0.3 is 14.9 Å². The number of hydrogen-bond acceptors (Lipinski definition) is 6. The van der Waals surface area contributed by atoms with Crippen molar-refractivity contribution in [3.63, 3.8) is 0 Å².